The summed E-state index contributed by atoms with van der Waals surface area (Å²) in [6.45, 7) is 0.806. The number of ether oxygens (including phenoxy) is 1. The standard InChI is InChI=1S/C16H17Cl2NOS/c1-19-13(12-9-15(17)21-16(12)18)4-2-10-3-5-14-11(8-10)6-7-20-14/h3,5,8-9,13,19H,2,4,6-7H2,1H3. The molecule has 3 rings (SSSR count). The summed E-state index contributed by atoms with van der Waals surface area (Å²) in [4.78, 5) is 0. The summed E-state index contributed by atoms with van der Waals surface area (Å²) < 4.78 is 7.06. The van der Waals surface area contributed by atoms with Gasteiger partial charge in [0.15, 0.2) is 0 Å². The van der Waals surface area contributed by atoms with Crippen LogP contribution >= 0.6 is 34.5 Å². The molecule has 5 heteroatoms. The van der Waals surface area contributed by atoms with Crippen LogP contribution in [0.4, 0.5) is 0 Å². The van der Waals surface area contributed by atoms with Gasteiger partial charge in [-0.1, -0.05) is 35.3 Å². The molecule has 1 aromatic carbocycles. The van der Waals surface area contributed by atoms with Gasteiger partial charge in [-0.3, -0.25) is 0 Å². The average Bonchev–Trinajstić information content (AvgIpc) is 3.05. The lowest BCUT2D eigenvalue weighted by atomic mass is 9.99. The van der Waals surface area contributed by atoms with Gasteiger partial charge in [0.05, 0.1) is 15.3 Å². The van der Waals surface area contributed by atoms with Crippen molar-refractivity contribution >= 4 is 34.5 Å². The third-order valence-corrected chi connectivity index (χ3v) is 5.40. The van der Waals surface area contributed by atoms with Crippen LogP contribution in [0, 0.1) is 0 Å². The number of hydrogen-bond donors (Lipinski definition) is 1. The molecule has 2 aromatic rings. The summed E-state index contributed by atoms with van der Waals surface area (Å²) in [6, 6.07) is 8.69. The molecule has 1 aliphatic heterocycles. The number of halogens is 2. The van der Waals surface area contributed by atoms with Crippen LogP contribution in [-0.4, -0.2) is 13.7 Å². The zero-order valence-electron chi connectivity index (χ0n) is 11.8. The molecule has 0 fully saturated rings. The third-order valence-electron chi connectivity index (χ3n) is 3.88. The summed E-state index contributed by atoms with van der Waals surface area (Å²) in [5, 5.41) is 3.33. The predicted molar refractivity (Wildman–Crippen MR) is 90.1 cm³/mol. The van der Waals surface area contributed by atoms with Crippen LogP contribution < -0.4 is 10.1 Å². The van der Waals surface area contributed by atoms with E-state index in [2.05, 4.69) is 23.5 Å². The van der Waals surface area contributed by atoms with Gasteiger partial charge in [-0.25, -0.2) is 0 Å². The van der Waals surface area contributed by atoms with Crippen molar-refractivity contribution in [2.45, 2.75) is 25.3 Å². The van der Waals surface area contributed by atoms with E-state index in [1.54, 1.807) is 0 Å². The quantitative estimate of drug-likeness (QED) is 0.836. The lowest BCUT2D eigenvalue weighted by Crippen LogP contribution is -2.16. The highest BCUT2D eigenvalue weighted by atomic mass is 35.5. The summed E-state index contributed by atoms with van der Waals surface area (Å²) in [6.07, 6.45) is 3.01. The lowest BCUT2D eigenvalue weighted by Gasteiger charge is -2.16. The summed E-state index contributed by atoms with van der Waals surface area (Å²) in [5.74, 6) is 1.04. The number of fused-ring (bicyclic) bond motifs is 1. The SMILES string of the molecule is CNC(CCc1ccc2c(c1)CCO2)c1cc(Cl)sc1Cl. The smallest absolute Gasteiger partial charge is 0.122 e. The minimum absolute atomic E-state index is 0.228. The van der Waals surface area contributed by atoms with Crippen LogP contribution in [0.2, 0.25) is 8.67 Å². The van der Waals surface area contributed by atoms with Crippen molar-refractivity contribution in [3.05, 3.63) is 49.6 Å². The summed E-state index contributed by atoms with van der Waals surface area (Å²) in [7, 11) is 1.96. The fourth-order valence-corrected chi connectivity index (χ4v) is 4.33. The van der Waals surface area contributed by atoms with Crippen molar-refractivity contribution in [1.82, 2.24) is 5.32 Å². The molecule has 0 bridgehead atoms. The maximum absolute atomic E-state index is 6.25. The second-order valence-corrected chi connectivity index (χ2v) is 7.49. The lowest BCUT2D eigenvalue weighted by molar-refractivity contribution is 0.357. The van der Waals surface area contributed by atoms with E-state index in [0.29, 0.717) is 0 Å². The Labute approximate surface area is 139 Å². The average molecular weight is 342 g/mol. The Hall–Kier alpha value is -0.740. The van der Waals surface area contributed by atoms with Crippen LogP contribution in [0.15, 0.2) is 24.3 Å². The van der Waals surface area contributed by atoms with Gasteiger partial charge >= 0.3 is 0 Å². The second kappa shape index (κ2) is 6.57. The molecule has 0 aliphatic carbocycles. The van der Waals surface area contributed by atoms with Gasteiger partial charge in [0.25, 0.3) is 0 Å². The highest BCUT2D eigenvalue weighted by molar-refractivity contribution is 7.20. The molecule has 21 heavy (non-hydrogen) atoms. The van der Waals surface area contributed by atoms with Gasteiger partial charge in [0.2, 0.25) is 0 Å². The van der Waals surface area contributed by atoms with Crippen LogP contribution in [0.5, 0.6) is 5.75 Å². The van der Waals surface area contributed by atoms with Gasteiger partial charge in [-0.2, -0.15) is 0 Å². The van der Waals surface area contributed by atoms with E-state index in [1.165, 1.54) is 22.5 Å². The number of hydrogen-bond acceptors (Lipinski definition) is 3. The molecule has 1 aliphatic rings. The Morgan fingerprint density at radius 1 is 1.33 bits per heavy atom. The van der Waals surface area contributed by atoms with Gasteiger partial charge < -0.3 is 10.1 Å². The predicted octanol–water partition coefficient (Wildman–Crippen LogP) is 4.88. The van der Waals surface area contributed by atoms with E-state index in [9.17, 15) is 0 Å². The number of benzene rings is 1. The van der Waals surface area contributed by atoms with E-state index >= 15 is 0 Å². The van der Waals surface area contributed by atoms with Crippen LogP contribution in [0.25, 0.3) is 0 Å². The molecular weight excluding hydrogens is 325 g/mol. The Kier molecular flexibility index (Phi) is 4.75. The highest BCUT2D eigenvalue weighted by Crippen LogP contribution is 2.36. The fraction of sp³-hybridized carbons (Fsp3) is 0.375. The zero-order chi connectivity index (χ0) is 14.8. The fourth-order valence-electron chi connectivity index (χ4n) is 2.75. The second-order valence-electron chi connectivity index (χ2n) is 5.20. The van der Waals surface area contributed by atoms with Gasteiger partial charge in [-0.15, -0.1) is 11.3 Å². The summed E-state index contributed by atoms with van der Waals surface area (Å²) >= 11 is 13.7. The summed E-state index contributed by atoms with van der Waals surface area (Å²) in [5.41, 5.74) is 3.76. The molecule has 2 nitrogen and oxygen atoms in total. The van der Waals surface area contributed by atoms with Crippen molar-refractivity contribution in [2.75, 3.05) is 13.7 Å². The Bertz CT molecular complexity index is 641. The van der Waals surface area contributed by atoms with Crippen molar-refractivity contribution < 1.29 is 4.74 Å². The maximum atomic E-state index is 6.25. The molecule has 112 valence electrons. The monoisotopic (exact) mass is 341 g/mol. The van der Waals surface area contributed by atoms with Gasteiger partial charge in [0, 0.05) is 18.0 Å². The van der Waals surface area contributed by atoms with Gasteiger partial charge in [-0.05, 0) is 43.1 Å². The van der Waals surface area contributed by atoms with Gasteiger partial charge in [0.1, 0.15) is 5.75 Å². The Morgan fingerprint density at radius 2 is 2.19 bits per heavy atom. The topological polar surface area (TPSA) is 21.3 Å². The first-order valence-corrected chi connectivity index (χ1v) is 8.61. The van der Waals surface area contributed by atoms with Crippen LogP contribution in [-0.2, 0) is 12.8 Å². The normalized spacial score (nSPS) is 14.8. The van der Waals surface area contributed by atoms with E-state index in [1.807, 2.05) is 13.1 Å². The van der Waals surface area contributed by atoms with Crippen molar-refractivity contribution in [3.8, 4) is 5.75 Å². The highest BCUT2D eigenvalue weighted by Gasteiger charge is 2.17. The molecule has 2 heterocycles. The minimum Gasteiger partial charge on any atom is -0.493 e. The number of thiophene rings is 1. The van der Waals surface area contributed by atoms with E-state index in [-0.39, 0.29) is 6.04 Å². The molecule has 0 spiro atoms. The first-order valence-electron chi connectivity index (χ1n) is 7.04. The van der Waals surface area contributed by atoms with Crippen molar-refractivity contribution in [3.63, 3.8) is 0 Å². The Balaban J connectivity index is 1.69. The molecule has 0 saturated carbocycles. The zero-order valence-corrected chi connectivity index (χ0v) is 14.1. The van der Waals surface area contributed by atoms with Crippen molar-refractivity contribution in [2.24, 2.45) is 0 Å². The molecule has 0 amide bonds. The van der Waals surface area contributed by atoms with Crippen LogP contribution in [0.3, 0.4) is 0 Å². The number of rotatable bonds is 5. The van der Waals surface area contributed by atoms with E-state index in [0.717, 1.165) is 45.9 Å². The molecular formula is C16H17Cl2NOS. The number of nitrogens with one attached hydrogen (secondary N) is 1. The molecule has 0 saturated heterocycles. The van der Waals surface area contributed by atoms with E-state index < -0.39 is 0 Å². The Morgan fingerprint density at radius 3 is 2.90 bits per heavy atom. The minimum atomic E-state index is 0.228. The molecule has 0 radical (unpaired) electrons. The van der Waals surface area contributed by atoms with E-state index in [4.69, 9.17) is 27.9 Å². The first kappa shape index (κ1) is 15.2. The molecule has 1 aromatic heterocycles. The van der Waals surface area contributed by atoms with Crippen molar-refractivity contribution in [1.29, 1.82) is 0 Å². The number of aryl methyl sites for hydroxylation is 1. The third kappa shape index (κ3) is 3.37. The molecule has 1 N–H and O–H groups in total. The largest absolute Gasteiger partial charge is 0.493 e. The molecule has 1 atom stereocenters. The van der Waals surface area contributed by atoms with Crippen LogP contribution in [0.1, 0.15) is 29.2 Å². The molecule has 1 unspecified atom stereocenters. The first-order chi connectivity index (χ1) is 10.2. The maximum Gasteiger partial charge on any atom is 0.122 e.